The van der Waals surface area contributed by atoms with E-state index in [1.807, 2.05) is 12.3 Å². The van der Waals surface area contributed by atoms with Crippen LogP contribution in [0.1, 0.15) is 5.56 Å². The van der Waals surface area contributed by atoms with E-state index >= 15 is 0 Å². The van der Waals surface area contributed by atoms with Crippen LogP contribution in [-0.2, 0) is 5.75 Å². The number of nitrogens with zero attached hydrogens (tertiary/aromatic N) is 2. The van der Waals surface area contributed by atoms with Crippen LogP contribution < -0.4 is 4.72 Å². The lowest BCUT2D eigenvalue weighted by Gasteiger charge is -2.06. The molecule has 0 spiro atoms. The van der Waals surface area contributed by atoms with Gasteiger partial charge in [-0.1, -0.05) is 42.5 Å². The van der Waals surface area contributed by atoms with Gasteiger partial charge in [0.05, 0.1) is 0 Å². The van der Waals surface area contributed by atoms with Crippen LogP contribution in [0.5, 0.6) is 0 Å². The van der Waals surface area contributed by atoms with Gasteiger partial charge in [-0.15, -0.1) is 0 Å². The molecular formula is C19H16N4S. The lowest BCUT2D eigenvalue weighted by Crippen LogP contribution is -1.89. The summed E-state index contributed by atoms with van der Waals surface area (Å²) in [5, 5.41) is 1.02. The van der Waals surface area contributed by atoms with Gasteiger partial charge in [0.25, 0.3) is 0 Å². The number of H-pyrrole nitrogens is 1. The molecule has 0 radical (unpaired) electrons. The minimum absolute atomic E-state index is 0.862. The molecule has 0 unspecified atom stereocenters. The molecule has 2 heterocycles. The quantitative estimate of drug-likeness (QED) is 0.511. The molecule has 5 heteroatoms. The van der Waals surface area contributed by atoms with Gasteiger partial charge in [0.15, 0.2) is 0 Å². The Hall–Kier alpha value is -2.79. The molecule has 0 aliphatic carbocycles. The zero-order valence-corrected chi connectivity index (χ0v) is 13.8. The topological polar surface area (TPSA) is 53.6 Å². The number of anilines is 1. The van der Waals surface area contributed by atoms with Gasteiger partial charge in [-0.05, 0) is 41.3 Å². The Morgan fingerprint density at radius 3 is 2.62 bits per heavy atom. The van der Waals surface area contributed by atoms with Crippen LogP contribution in [0.3, 0.4) is 0 Å². The molecule has 2 aromatic heterocycles. The van der Waals surface area contributed by atoms with Crippen molar-refractivity contribution < 1.29 is 0 Å². The molecule has 0 amide bonds. The van der Waals surface area contributed by atoms with Crippen molar-refractivity contribution in [3.8, 4) is 11.3 Å². The van der Waals surface area contributed by atoms with Gasteiger partial charge >= 0.3 is 0 Å². The highest BCUT2D eigenvalue weighted by Crippen LogP contribution is 2.25. The van der Waals surface area contributed by atoms with Crippen molar-refractivity contribution in [1.29, 1.82) is 0 Å². The first-order chi connectivity index (χ1) is 11.9. The molecule has 0 fully saturated rings. The van der Waals surface area contributed by atoms with Crippen LogP contribution in [0, 0.1) is 0 Å². The first-order valence-corrected chi connectivity index (χ1v) is 8.68. The third-order valence-electron chi connectivity index (χ3n) is 3.76. The van der Waals surface area contributed by atoms with E-state index in [0.29, 0.717) is 0 Å². The van der Waals surface area contributed by atoms with Gasteiger partial charge in [-0.2, -0.15) is 0 Å². The molecule has 4 aromatic rings. The summed E-state index contributed by atoms with van der Waals surface area (Å²) in [6.45, 7) is 0. The molecule has 24 heavy (non-hydrogen) atoms. The van der Waals surface area contributed by atoms with Gasteiger partial charge in [0.1, 0.15) is 12.0 Å². The second kappa shape index (κ2) is 6.76. The van der Waals surface area contributed by atoms with E-state index in [9.17, 15) is 0 Å². The average Bonchev–Trinajstić information content (AvgIpc) is 3.07. The molecule has 0 saturated carbocycles. The number of fused-ring (bicyclic) bond motifs is 1. The lowest BCUT2D eigenvalue weighted by atomic mass is 10.1. The fraction of sp³-hybridized carbons (Fsp3) is 0.0526. The highest BCUT2D eigenvalue weighted by molar-refractivity contribution is 7.99. The summed E-state index contributed by atoms with van der Waals surface area (Å²) in [7, 11) is 0. The van der Waals surface area contributed by atoms with Crippen molar-refractivity contribution in [2.75, 3.05) is 4.72 Å². The molecule has 0 saturated heterocycles. The standard InChI is InChI=1S/C19H16N4S/c1-2-4-14(5-3-1)12-24-23-17-8-6-15(7-9-17)18-10-16-11-20-13-21-19(16)22-18/h1-11,13,23H,12H2,(H,20,21,22). The van der Waals surface area contributed by atoms with Gasteiger partial charge in [-0.25, -0.2) is 9.97 Å². The number of hydrogen-bond donors (Lipinski definition) is 2. The molecule has 4 rings (SSSR count). The van der Waals surface area contributed by atoms with Crippen molar-refractivity contribution >= 4 is 28.7 Å². The number of aromatic amines is 1. The summed E-state index contributed by atoms with van der Waals surface area (Å²) < 4.78 is 3.38. The highest BCUT2D eigenvalue weighted by atomic mass is 32.2. The second-order valence-electron chi connectivity index (χ2n) is 5.46. The Morgan fingerprint density at radius 2 is 1.83 bits per heavy atom. The number of nitrogens with one attached hydrogen (secondary N) is 2. The summed E-state index contributed by atoms with van der Waals surface area (Å²) in [4.78, 5) is 11.6. The molecule has 118 valence electrons. The average molecular weight is 332 g/mol. The van der Waals surface area contributed by atoms with E-state index in [1.165, 1.54) is 5.56 Å². The van der Waals surface area contributed by atoms with Gasteiger partial charge in [0, 0.05) is 28.7 Å². The van der Waals surface area contributed by atoms with Crippen LogP contribution >= 0.6 is 11.9 Å². The summed E-state index contributed by atoms with van der Waals surface area (Å²) in [6, 6.07) is 20.9. The van der Waals surface area contributed by atoms with E-state index in [1.54, 1.807) is 18.3 Å². The molecule has 0 atom stereocenters. The van der Waals surface area contributed by atoms with Gasteiger partial charge in [-0.3, -0.25) is 0 Å². The van der Waals surface area contributed by atoms with E-state index in [-0.39, 0.29) is 0 Å². The molecular weight excluding hydrogens is 316 g/mol. The predicted octanol–water partition coefficient (Wildman–Crippen LogP) is 4.89. The maximum absolute atomic E-state index is 4.23. The van der Waals surface area contributed by atoms with Crippen LogP contribution in [0.15, 0.2) is 73.2 Å². The largest absolute Gasteiger partial charge is 0.339 e. The first-order valence-electron chi connectivity index (χ1n) is 7.69. The monoisotopic (exact) mass is 332 g/mol. The minimum Gasteiger partial charge on any atom is -0.339 e. The Kier molecular flexibility index (Phi) is 4.16. The van der Waals surface area contributed by atoms with E-state index in [2.05, 4.69) is 74.3 Å². The Bertz CT molecular complexity index is 899. The van der Waals surface area contributed by atoms with E-state index in [4.69, 9.17) is 0 Å². The Balaban J connectivity index is 1.42. The van der Waals surface area contributed by atoms with Crippen molar-refractivity contribution in [1.82, 2.24) is 15.0 Å². The lowest BCUT2D eigenvalue weighted by molar-refractivity contribution is 1.20. The fourth-order valence-electron chi connectivity index (χ4n) is 2.52. The van der Waals surface area contributed by atoms with E-state index < -0.39 is 0 Å². The molecule has 0 bridgehead atoms. The van der Waals surface area contributed by atoms with Crippen molar-refractivity contribution in [2.24, 2.45) is 0 Å². The summed E-state index contributed by atoms with van der Waals surface area (Å²) >= 11 is 1.69. The molecule has 4 nitrogen and oxygen atoms in total. The maximum Gasteiger partial charge on any atom is 0.141 e. The Labute approximate surface area is 144 Å². The first kappa shape index (κ1) is 14.8. The number of aromatic nitrogens is 3. The minimum atomic E-state index is 0.862. The van der Waals surface area contributed by atoms with Crippen LogP contribution in [0.4, 0.5) is 5.69 Å². The maximum atomic E-state index is 4.23. The molecule has 0 aliphatic heterocycles. The number of benzene rings is 2. The fourth-order valence-corrected chi connectivity index (χ4v) is 3.25. The van der Waals surface area contributed by atoms with Crippen molar-refractivity contribution in [3.05, 3.63) is 78.8 Å². The van der Waals surface area contributed by atoms with Gasteiger partial charge < -0.3 is 9.71 Å². The van der Waals surface area contributed by atoms with Crippen LogP contribution in [-0.4, -0.2) is 15.0 Å². The predicted molar refractivity (Wildman–Crippen MR) is 101 cm³/mol. The number of hydrogen-bond acceptors (Lipinski definition) is 4. The summed E-state index contributed by atoms with van der Waals surface area (Å²) in [5.41, 5.74) is 5.45. The summed E-state index contributed by atoms with van der Waals surface area (Å²) in [5.74, 6) is 0.934. The SMILES string of the molecule is c1ccc(CSNc2ccc(-c3cc4cncnc4[nH]3)cc2)cc1. The normalized spacial score (nSPS) is 10.8. The zero-order chi connectivity index (χ0) is 16.2. The summed E-state index contributed by atoms with van der Waals surface area (Å²) in [6.07, 6.45) is 3.37. The van der Waals surface area contributed by atoms with Crippen LogP contribution in [0.25, 0.3) is 22.3 Å². The van der Waals surface area contributed by atoms with Crippen molar-refractivity contribution in [2.45, 2.75) is 5.75 Å². The smallest absolute Gasteiger partial charge is 0.141 e. The second-order valence-corrected chi connectivity index (χ2v) is 6.24. The zero-order valence-electron chi connectivity index (χ0n) is 12.9. The molecule has 0 aliphatic rings. The third kappa shape index (κ3) is 3.26. The third-order valence-corrected chi connectivity index (χ3v) is 4.62. The van der Waals surface area contributed by atoms with Crippen molar-refractivity contribution in [3.63, 3.8) is 0 Å². The molecule has 2 aromatic carbocycles. The molecule has 2 N–H and O–H groups in total. The highest BCUT2D eigenvalue weighted by Gasteiger charge is 2.04. The Morgan fingerprint density at radius 1 is 1.00 bits per heavy atom. The van der Waals surface area contributed by atoms with Gasteiger partial charge in [0.2, 0.25) is 0 Å². The van der Waals surface area contributed by atoms with Crippen LogP contribution in [0.2, 0.25) is 0 Å². The van der Waals surface area contributed by atoms with E-state index in [0.717, 1.165) is 33.7 Å². The number of rotatable bonds is 5.